The number of nitrogens with one attached hydrogen (secondary N) is 1. The van der Waals surface area contributed by atoms with Gasteiger partial charge in [0, 0.05) is 13.1 Å². The minimum atomic E-state index is -3.98. The van der Waals surface area contributed by atoms with Gasteiger partial charge in [-0.2, -0.15) is 0 Å². The highest BCUT2D eigenvalue weighted by atomic mass is 32.2. The van der Waals surface area contributed by atoms with Gasteiger partial charge in [-0.3, -0.25) is 0 Å². The zero-order valence-electron chi connectivity index (χ0n) is 17.0. The van der Waals surface area contributed by atoms with Gasteiger partial charge in [-0.15, -0.1) is 0 Å². The van der Waals surface area contributed by atoms with Gasteiger partial charge in [-0.1, -0.05) is 12.1 Å². The summed E-state index contributed by atoms with van der Waals surface area (Å²) < 4.78 is 39.6. The molecular formula is C20H28N2O7S. The lowest BCUT2D eigenvalue weighted by molar-refractivity contribution is 0.171. The topological polar surface area (TPSA) is 140 Å². The van der Waals surface area contributed by atoms with Gasteiger partial charge in [-0.05, 0) is 42.3 Å². The maximum absolute atomic E-state index is 11.7. The molecule has 30 heavy (non-hydrogen) atoms. The molecule has 1 atom stereocenters. The highest BCUT2D eigenvalue weighted by Crippen LogP contribution is 2.29. The molecule has 2 rings (SSSR count). The van der Waals surface area contributed by atoms with E-state index in [-0.39, 0.29) is 23.8 Å². The molecule has 0 heterocycles. The Morgan fingerprint density at radius 3 is 2.47 bits per heavy atom. The average Bonchev–Trinajstić information content (AvgIpc) is 2.73. The van der Waals surface area contributed by atoms with E-state index in [1.165, 1.54) is 19.2 Å². The zero-order valence-corrected chi connectivity index (χ0v) is 17.8. The third-order valence-electron chi connectivity index (χ3n) is 4.24. The second-order valence-corrected chi connectivity index (χ2v) is 7.93. The van der Waals surface area contributed by atoms with E-state index in [0.29, 0.717) is 36.8 Å². The molecule has 10 heteroatoms. The number of sulfonamides is 1. The van der Waals surface area contributed by atoms with Crippen LogP contribution in [-0.2, 0) is 16.6 Å². The van der Waals surface area contributed by atoms with E-state index < -0.39 is 16.1 Å². The molecule has 9 nitrogen and oxygen atoms in total. The molecule has 0 bridgehead atoms. The van der Waals surface area contributed by atoms with Crippen LogP contribution in [0.15, 0.2) is 41.3 Å². The van der Waals surface area contributed by atoms with Crippen molar-refractivity contribution in [1.29, 1.82) is 0 Å². The van der Waals surface area contributed by atoms with Crippen LogP contribution in [-0.4, -0.2) is 52.0 Å². The predicted octanol–water partition coefficient (Wildman–Crippen LogP) is 0.936. The van der Waals surface area contributed by atoms with Crippen molar-refractivity contribution >= 4 is 10.0 Å². The van der Waals surface area contributed by atoms with Crippen LogP contribution in [0.4, 0.5) is 0 Å². The molecule has 1 unspecified atom stereocenters. The van der Waals surface area contributed by atoms with Gasteiger partial charge < -0.3 is 29.7 Å². The van der Waals surface area contributed by atoms with Gasteiger partial charge in [0.05, 0.1) is 26.4 Å². The lowest BCUT2D eigenvalue weighted by atomic mass is 10.1. The van der Waals surface area contributed by atoms with Gasteiger partial charge in [-0.25, -0.2) is 13.6 Å². The van der Waals surface area contributed by atoms with Crippen molar-refractivity contribution in [2.24, 2.45) is 5.14 Å². The Morgan fingerprint density at radius 1 is 1.10 bits per heavy atom. The number of hydrogen-bond donors (Lipinski definition) is 4. The summed E-state index contributed by atoms with van der Waals surface area (Å²) in [4.78, 5) is -0.181. The van der Waals surface area contributed by atoms with E-state index in [1.54, 1.807) is 24.3 Å². The lowest BCUT2D eigenvalue weighted by Crippen LogP contribution is -2.26. The van der Waals surface area contributed by atoms with Gasteiger partial charge in [0.2, 0.25) is 10.0 Å². The molecule has 5 N–H and O–H groups in total. The molecule has 166 valence electrons. The Kier molecular flexibility index (Phi) is 8.88. The molecule has 0 aliphatic heterocycles. The maximum Gasteiger partial charge on any atom is 0.241 e. The first-order valence-electron chi connectivity index (χ1n) is 9.39. The Morgan fingerprint density at radius 2 is 1.83 bits per heavy atom. The van der Waals surface area contributed by atoms with Crippen LogP contribution in [0.2, 0.25) is 0 Å². The first-order valence-corrected chi connectivity index (χ1v) is 10.9. The summed E-state index contributed by atoms with van der Waals surface area (Å²) in [7, 11) is -2.64. The molecule has 0 spiro atoms. The fourth-order valence-electron chi connectivity index (χ4n) is 2.75. The molecule has 2 aromatic carbocycles. The molecule has 0 amide bonds. The molecule has 0 saturated heterocycles. The minimum Gasteiger partial charge on any atom is -0.495 e. The number of aliphatic hydroxyl groups excluding tert-OH is 2. The summed E-state index contributed by atoms with van der Waals surface area (Å²) >= 11 is 0. The van der Waals surface area contributed by atoms with Gasteiger partial charge in [0.15, 0.2) is 11.5 Å². The van der Waals surface area contributed by atoms with Crippen molar-refractivity contribution < 1.29 is 32.8 Å². The van der Waals surface area contributed by atoms with E-state index in [1.807, 2.05) is 6.92 Å². The van der Waals surface area contributed by atoms with Gasteiger partial charge in [0.25, 0.3) is 0 Å². The number of nitrogens with two attached hydrogens (primary N) is 1. The Bertz CT molecular complexity index is 935. The van der Waals surface area contributed by atoms with Crippen molar-refractivity contribution in [2.75, 3.05) is 33.4 Å². The third-order valence-corrected chi connectivity index (χ3v) is 5.18. The van der Waals surface area contributed by atoms with Crippen LogP contribution in [0.1, 0.15) is 24.2 Å². The number of methoxy groups -OCH3 is 1. The monoisotopic (exact) mass is 440 g/mol. The third kappa shape index (κ3) is 6.57. The Balaban J connectivity index is 1.89. The average molecular weight is 441 g/mol. The van der Waals surface area contributed by atoms with Crippen LogP contribution in [0.5, 0.6) is 17.2 Å². The standard InChI is InChI=1S/C20H28N2O7S/c1-3-28-19-10-14(13-23)4-6-17(19)29-9-8-22-12-16(24)15-5-7-18(27-2)20(11-15)30(21,25)26/h4-7,10-11,16,22-24H,3,8-9,12-13H2,1-2H3,(H2,21,25,26). The van der Waals surface area contributed by atoms with Gasteiger partial charge in [0.1, 0.15) is 17.3 Å². The number of ether oxygens (including phenoxy) is 3. The van der Waals surface area contributed by atoms with E-state index in [0.717, 1.165) is 5.56 Å². The molecule has 2 aromatic rings. The normalized spacial score (nSPS) is 12.4. The van der Waals surface area contributed by atoms with Gasteiger partial charge >= 0.3 is 0 Å². The summed E-state index contributed by atoms with van der Waals surface area (Å²) in [6, 6.07) is 9.54. The smallest absolute Gasteiger partial charge is 0.241 e. The largest absolute Gasteiger partial charge is 0.495 e. The zero-order chi connectivity index (χ0) is 22.1. The second-order valence-electron chi connectivity index (χ2n) is 6.40. The highest BCUT2D eigenvalue weighted by molar-refractivity contribution is 7.89. The first kappa shape index (κ1) is 23.9. The van der Waals surface area contributed by atoms with Crippen LogP contribution >= 0.6 is 0 Å². The first-order chi connectivity index (χ1) is 14.3. The number of benzene rings is 2. The fraction of sp³-hybridized carbons (Fsp3) is 0.400. The van der Waals surface area contributed by atoms with Crippen molar-refractivity contribution in [3.05, 3.63) is 47.5 Å². The van der Waals surface area contributed by atoms with E-state index in [2.05, 4.69) is 5.32 Å². The minimum absolute atomic E-state index is 0.0850. The van der Waals surface area contributed by atoms with Crippen LogP contribution in [0.3, 0.4) is 0 Å². The predicted molar refractivity (Wildman–Crippen MR) is 111 cm³/mol. The highest BCUT2D eigenvalue weighted by Gasteiger charge is 2.18. The van der Waals surface area contributed by atoms with Crippen molar-refractivity contribution in [3.8, 4) is 17.2 Å². The van der Waals surface area contributed by atoms with Crippen LogP contribution in [0.25, 0.3) is 0 Å². The molecular weight excluding hydrogens is 412 g/mol. The van der Waals surface area contributed by atoms with E-state index >= 15 is 0 Å². The number of aliphatic hydroxyl groups is 2. The maximum atomic E-state index is 11.7. The Labute approximate surface area is 176 Å². The SMILES string of the molecule is CCOc1cc(CO)ccc1OCCNCC(O)c1ccc(OC)c(S(N)(=O)=O)c1. The summed E-state index contributed by atoms with van der Waals surface area (Å²) in [5.74, 6) is 1.23. The summed E-state index contributed by atoms with van der Waals surface area (Å²) in [5, 5.41) is 27.8. The molecule has 0 radical (unpaired) electrons. The number of hydrogen-bond acceptors (Lipinski definition) is 8. The molecule has 0 aliphatic carbocycles. The Hall–Kier alpha value is -2.37. The van der Waals surface area contributed by atoms with Crippen LogP contribution < -0.4 is 24.7 Å². The number of primary sulfonamides is 1. The molecule has 0 fully saturated rings. The summed E-state index contributed by atoms with van der Waals surface area (Å²) in [6.45, 7) is 3.18. The van der Waals surface area contributed by atoms with E-state index in [9.17, 15) is 18.6 Å². The van der Waals surface area contributed by atoms with Crippen molar-refractivity contribution in [2.45, 2.75) is 24.5 Å². The quantitative estimate of drug-likeness (QED) is 0.358. The van der Waals surface area contributed by atoms with E-state index in [4.69, 9.17) is 19.3 Å². The second kappa shape index (κ2) is 11.1. The lowest BCUT2D eigenvalue weighted by Gasteiger charge is -2.16. The molecule has 0 aliphatic rings. The fourth-order valence-corrected chi connectivity index (χ4v) is 3.48. The molecule has 0 saturated carbocycles. The van der Waals surface area contributed by atoms with Crippen molar-refractivity contribution in [1.82, 2.24) is 5.32 Å². The molecule has 0 aromatic heterocycles. The summed E-state index contributed by atoms with van der Waals surface area (Å²) in [6.07, 6.45) is -0.945. The van der Waals surface area contributed by atoms with Crippen molar-refractivity contribution in [3.63, 3.8) is 0 Å². The van der Waals surface area contributed by atoms with Crippen LogP contribution in [0, 0.1) is 0 Å². The number of rotatable bonds is 12. The summed E-state index contributed by atoms with van der Waals surface area (Å²) in [5.41, 5.74) is 1.12.